The molecule has 0 spiro atoms. The standard InChI is InChI=1S/C30H39F3N8O/c1-20-7-8-22(15-28(20)41(35)19-27(34)25-18-37-39(3)21(25)2)29(42)38-24-10-9-23(26(16-24)30(31,32)33)17-36-11-14-40-12-5-4-6-13-40/h7-10,15-16,18-19,36H,4-6,11-14,17,34-35H2,1-3H3,(H,38,42)/b27-19-. The van der Waals surface area contributed by atoms with E-state index in [0.29, 0.717) is 17.9 Å². The van der Waals surface area contributed by atoms with Gasteiger partial charge in [0.25, 0.3) is 5.91 Å². The molecular weight excluding hydrogens is 545 g/mol. The molecule has 42 heavy (non-hydrogen) atoms. The zero-order chi connectivity index (χ0) is 30.4. The summed E-state index contributed by atoms with van der Waals surface area (Å²) < 4.78 is 43.5. The van der Waals surface area contributed by atoms with Gasteiger partial charge in [0.15, 0.2) is 0 Å². The molecule has 1 aromatic heterocycles. The number of likely N-dealkylation sites (tertiary alicyclic amines) is 1. The van der Waals surface area contributed by atoms with Crippen molar-refractivity contribution in [3.63, 3.8) is 0 Å². The Labute approximate surface area is 244 Å². The predicted molar refractivity (Wildman–Crippen MR) is 159 cm³/mol. The van der Waals surface area contributed by atoms with Crippen molar-refractivity contribution >= 4 is 23.0 Å². The number of amides is 1. The van der Waals surface area contributed by atoms with Gasteiger partial charge < -0.3 is 21.3 Å². The molecule has 4 rings (SSSR count). The number of anilines is 2. The van der Waals surface area contributed by atoms with Gasteiger partial charge in [-0.15, -0.1) is 0 Å². The number of carbonyl (C=O) groups is 1. The fourth-order valence-electron chi connectivity index (χ4n) is 5.02. The number of hydrogen-bond donors (Lipinski definition) is 4. The van der Waals surface area contributed by atoms with E-state index in [0.717, 1.165) is 55.4 Å². The number of aromatic nitrogens is 2. The minimum absolute atomic E-state index is 0.0484. The minimum Gasteiger partial charge on any atom is -0.397 e. The first-order valence-electron chi connectivity index (χ1n) is 14.0. The third-order valence-electron chi connectivity index (χ3n) is 7.62. The molecule has 6 N–H and O–H groups in total. The maximum Gasteiger partial charge on any atom is 0.416 e. The van der Waals surface area contributed by atoms with E-state index >= 15 is 0 Å². The largest absolute Gasteiger partial charge is 0.416 e. The zero-order valence-corrected chi connectivity index (χ0v) is 24.3. The summed E-state index contributed by atoms with van der Waals surface area (Å²) in [6.45, 7) is 7.26. The van der Waals surface area contributed by atoms with Crippen LogP contribution in [0.3, 0.4) is 0 Å². The lowest BCUT2D eigenvalue weighted by atomic mass is 10.0. The predicted octanol–water partition coefficient (Wildman–Crippen LogP) is 4.52. The molecule has 2 heterocycles. The van der Waals surface area contributed by atoms with Crippen molar-refractivity contribution in [2.75, 3.05) is 36.5 Å². The third-order valence-corrected chi connectivity index (χ3v) is 7.62. The van der Waals surface area contributed by atoms with Crippen molar-refractivity contribution in [2.45, 2.75) is 45.8 Å². The Kier molecular flexibility index (Phi) is 9.92. The first-order chi connectivity index (χ1) is 19.9. The molecule has 1 amide bonds. The minimum atomic E-state index is -4.57. The smallest absolute Gasteiger partial charge is 0.397 e. The highest BCUT2D eigenvalue weighted by Gasteiger charge is 2.33. The van der Waals surface area contributed by atoms with Crippen LogP contribution in [0.1, 0.15) is 57.6 Å². The van der Waals surface area contributed by atoms with Crippen molar-refractivity contribution in [1.82, 2.24) is 20.0 Å². The Bertz CT molecular complexity index is 1430. The first-order valence-corrected chi connectivity index (χ1v) is 14.0. The van der Waals surface area contributed by atoms with E-state index in [2.05, 4.69) is 20.6 Å². The van der Waals surface area contributed by atoms with Crippen LogP contribution < -0.4 is 27.2 Å². The molecule has 12 heteroatoms. The molecule has 0 unspecified atom stereocenters. The molecule has 226 valence electrons. The number of nitrogens with two attached hydrogens (primary N) is 2. The number of benzene rings is 2. The van der Waals surface area contributed by atoms with Gasteiger partial charge in [-0.3, -0.25) is 14.5 Å². The average molecular weight is 585 g/mol. The van der Waals surface area contributed by atoms with Crippen LogP contribution in [-0.2, 0) is 19.8 Å². The summed E-state index contributed by atoms with van der Waals surface area (Å²) in [5, 5.41) is 11.2. The van der Waals surface area contributed by atoms with Crippen LogP contribution in [-0.4, -0.2) is 46.8 Å². The maximum absolute atomic E-state index is 13.9. The van der Waals surface area contributed by atoms with Gasteiger partial charge in [0, 0.05) is 55.4 Å². The Balaban J connectivity index is 1.45. The van der Waals surface area contributed by atoms with Crippen molar-refractivity contribution in [3.05, 3.63) is 82.3 Å². The van der Waals surface area contributed by atoms with Crippen LogP contribution in [0.2, 0.25) is 0 Å². The van der Waals surface area contributed by atoms with E-state index < -0.39 is 17.6 Å². The van der Waals surface area contributed by atoms with Crippen molar-refractivity contribution in [3.8, 4) is 0 Å². The quantitative estimate of drug-likeness (QED) is 0.157. The number of rotatable bonds is 10. The highest BCUT2D eigenvalue weighted by Crippen LogP contribution is 2.34. The van der Waals surface area contributed by atoms with Crippen LogP contribution in [0.25, 0.3) is 5.70 Å². The highest BCUT2D eigenvalue weighted by molar-refractivity contribution is 6.05. The molecule has 3 aromatic rings. The molecule has 2 aromatic carbocycles. The van der Waals surface area contributed by atoms with Crippen LogP contribution >= 0.6 is 0 Å². The molecule has 1 fully saturated rings. The molecule has 1 aliphatic heterocycles. The second kappa shape index (κ2) is 13.4. The fraction of sp³-hybridized carbons (Fsp3) is 0.400. The number of carbonyl (C=O) groups excluding carboxylic acids is 1. The average Bonchev–Trinajstić information content (AvgIpc) is 3.29. The van der Waals surface area contributed by atoms with E-state index in [9.17, 15) is 18.0 Å². The number of hydrogen-bond acceptors (Lipinski definition) is 7. The molecule has 0 bridgehead atoms. The van der Waals surface area contributed by atoms with Crippen molar-refractivity contribution < 1.29 is 18.0 Å². The van der Waals surface area contributed by atoms with Gasteiger partial charge in [0.1, 0.15) is 0 Å². The summed E-state index contributed by atoms with van der Waals surface area (Å²) in [5.74, 6) is 5.71. The lowest BCUT2D eigenvalue weighted by molar-refractivity contribution is -0.138. The van der Waals surface area contributed by atoms with Crippen molar-refractivity contribution in [2.24, 2.45) is 18.6 Å². The number of aryl methyl sites for hydroxylation is 2. The fourth-order valence-corrected chi connectivity index (χ4v) is 5.02. The molecule has 1 aliphatic rings. The highest BCUT2D eigenvalue weighted by atomic mass is 19.4. The van der Waals surface area contributed by atoms with Gasteiger partial charge >= 0.3 is 6.18 Å². The van der Waals surface area contributed by atoms with Gasteiger partial charge in [-0.1, -0.05) is 18.6 Å². The van der Waals surface area contributed by atoms with E-state index in [1.165, 1.54) is 29.8 Å². The van der Waals surface area contributed by atoms with Crippen molar-refractivity contribution in [1.29, 1.82) is 0 Å². The number of piperidine rings is 1. The molecule has 0 saturated carbocycles. The monoisotopic (exact) mass is 584 g/mol. The number of nitrogens with one attached hydrogen (secondary N) is 2. The summed E-state index contributed by atoms with van der Waals surface area (Å²) in [6, 6.07) is 8.73. The SMILES string of the molecule is Cc1ccc(C(=O)Nc2ccc(CNCCN3CCCCC3)c(C(F)(F)F)c2)cc1N(N)/C=C(\N)c1cnn(C)c1C. The van der Waals surface area contributed by atoms with Gasteiger partial charge in [0.2, 0.25) is 0 Å². The topological polar surface area (TPSA) is 117 Å². The summed E-state index contributed by atoms with van der Waals surface area (Å²) in [4.78, 5) is 15.4. The third kappa shape index (κ3) is 7.69. The lowest BCUT2D eigenvalue weighted by Crippen LogP contribution is -2.35. The second-order valence-corrected chi connectivity index (χ2v) is 10.7. The normalized spacial score (nSPS) is 14.7. The number of alkyl halides is 3. The second-order valence-electron chi connectivity index (χ2n) is 10.7. The summed E-state index contributed by atoms with van der Waals surface area (Å²) in [6.07, 6.45) is 2.16. The van der Waals surface area contributed by atoms with Gasteiger partial charge in [0.05, 0.1) is 23.1 Å². The molecule has 9 nitrogen and oxygen atoms in total. The van der Waals surface area contributed by atoms with Crippen LogP contribution in [0.4, 0.5) is 24.5 Å². The van der Waals surface area contributed by atoms with Crippen LogP contribution in [0, 0.1) is 13.8 Å². The Morgan fingerprint density at radius 3 is 2.52 bits per heavy atom. The van der Waals surface area contributed by atoms with E-state index in [1.54, 1.807) is 36.1 Å². The first kappa shape index (κ1) is 31.1. The van der Waals surface area contributed by atoms with E-state index in [-0.39, 0.29) is 23.4 Å². The molecule has 0 aliphatic carbocycles. The molecule has 0 radical (unpaired) electrons. The van der Waals surface area contributed by atoms with Gasteiger partial charge in [-0.25, -0.2) is 5.84 Å². The lowest BCUT2D eigenvalue weighted by Gasteiger charge is -2.26. The summed E-state index contributed by atoms with van der Waals surface area (Å²) in [5.41, 5.74) is 9.12. The molecular formula is C30H39F3N8O. The van der Waals surface area contributed by atoms with E-state index in [4.69, 9.17) is 11.6 Å². The summed E-state index contributed by atoms with van der Waals surface area (Å²) in [7, 11) is 1.80. The molecule has 1 saturated heterocycles. The number of hydrazine groups is 1. The van der Waals surface area contributed by atoms with Crippen LogP contribution in [0.15, 0.2) is 48.8 Å². The Hall–Kier alpha value is -3.87. The summed E-state index contributed by atoms with van der Waals surface area (Å²) >= 11 is 0. The van der Waals surface area contributed by atoms with Gasteiger partial charge in [-0.05, 0) is 75.2 Å². The number of halogens is 3. The molecule has 0 atom stereocenters. The Morgan fingerprint density at radius 1 is 1.12 bits per heavy atom. The Morgan fingerprint density at radius 2 is 1.86 bits per heavy atom. The zero-order valence-electron chi connectivity index (χ0n) is 24.3. The van der Waals surface area contributed by atoms with E-state index in [1.807, 2.05) is 13.8 Å². The van der Waals surface area contributed by atoms with Gasteiger partial charge in [-0.2, -0.15) is 18.3 Å². The maximum atomic E-state index is 13.9. The number of nitrogens with zero attached hydrogens (tertiary/aromatic N) is 4. The van der Waals surface area contributed by atoms with Crippen LogP contribution in [0.5, 0.6) is 0 Å².